The number of nitro groups is 1. The van der Waals surface area contributed by atoms with Crippen molar-refractivity contribution < 1.29 is 32.1 Å². The Bertz CT molecular complexity index is 2500. The molecule has 0 fully saturated rings. The third kappa shape index (κ3) is 10.5. The van der Waals surface area contributed by atoms with Gasteiger partial charge in [-0.05, 0) is 63.1 Å². The lowest BCUT2D eigenvalue weighted by Crippen LogP contribution is -2.67. The molecule has 63 heavy (non-hydrogen) atoms. The summed E-state index contributed by atoms with van der Waals surface area (Å²) in [7, 11) is -6.25. The lowest BCUT2D eigenvalue weighted by molar-refractivity contribution is -0.384. The SMILES string of the molecule is COC(=O)N(C(=O)[C@@H](N)C(c1ccccc1)c1ccccc1)c1ccccc1CC[C@@H](CO[Si](c1ccccc1)(c1ccccc1)C(C)(C)C)NS(=O)(=O)c1ccc([N+](=O)[O-])cc1. The van der Waals surface area contributed by atoms with Crippen LogP contribution in [0.3, 0.4) is 0 Å². The molecule has 6 rings (SSSR count). The first-order valence-corrected chi connectivity index (χ1v) is 23.9. The van der Waals surface area contributed by atoms with E-state index in [-0.39, 0.29) is 35.7 Å². The highest BCUT2D eigenvalue weighted by Crippen LogP contribution is 2.37. The minimum absolute atomic E-state index is 0.0674. The van der Waals surface area contributed by atoms with Crippen LogP contribution >= 0.6 is 0 Å². The number of benzene rings is 6. The third-order valence-corrected chi connectivity index (χ3v) is 17.7. The van der Waals surface area contributed by atoms with E-state index in [0.717, 1.165) is 38.5 Å². The van der Waals surface area contributed by atoms with Crippen LogP contribution in [0, 0.1) is 10.1 Å². The van der Waals surface area contributed by atoms with Crippen molar-refractivity contribution >= 4 is 52.1 Å². The average molecular weight is 885 g/mol. The van der Waals surface area contributed by atoms with E-state index in [4.69, 9.17) is 14.9 Å². The molecule has 0 saturated carbocycles. The van der Waals surface area contributed by atoms with Gasteiger partial charge in [-0.1, -0.05) is 160 Å². The number of imide groups is 1. The zero-order valence-corrected chi connectivity index (χ0v) is 37.5. The van der Waals surface area contributed by atoms with Crippen molar-refractivity contribution in [2.45, 2.75) is 61.5 Å². The summed E-state index contributed by atoms with van der Waals surface area (Å²) < 4.78 is 43.5. The Hall–Kier alpha value is -6.29. The summed E-state index contributed by atoms with van der Waals surface area (Å²) in [6.07, 6.45) is -0.619. The van der Waals surface area contributed by atoms with Gasteiger partial charge >= 0.3 is 6.09 Å². The van der Waals surface area contributed by atoms with Crippen LogP contribution in [0.25, 0.3) is 0 Å². The summed E-state index contributed by atoms with van der Waals surface area (Å²) >= 11 is 0. The molecule has 0 saturated heterocycles. The molecule has 6 aromatic carbocycles. The van der Waals surface area contributed by atoms with Gasteiger partial charge in [0.05, 0.1) is 35.3 Å². The van der Waals surface area contributed by atoms with Crippen molar-refractivity contribution in [3.05, 3.63) is 197 Å². The maximum absolute atomic E-state index is 14.7. The molecule has 0 aliphatic rings. The zero-order valence-electron chi connectivity index (χ0n) is 35.7. The van der Waals surface area contributed by atoms with Gasteiger partial charge in [0, 0.05) is 24.1 Å². The van der Waals surface area contributed by atoms with E-state index >= 15 is 0 Å². The maximum atomic E-state index is 14.7. The number of hydrogen-bond acceptors (Lipinski definition) is 9. The number of carbonyl (C=O) groups is 2. The number of anilines is 1. The van der Waals surface area contributed by atoms with Crippen LogP contribution < -0.4 is 25.7 Å². The van der Waals surface area contributed by atoms with Gasteiger partial charge < -0.3 is 14.9 Å². The first kappa shape index (κ1) is 46.2. The summed E-state index contributed by atoms with van der Waals surface area (Å²) in [6.45, 7) is 6.29. The molecular weight excluding hydrogens is 833 g/mol. The summed E-state index contributed by atoms with van der Waals surface area (Å²) in [5, 5.41) is 13.0. The molecule has 2 atom stereocenters. The lowest BCUT2D eigenvalue weighted by Gasteiger charge is -2.43. The number of hydrogen-bond donors (Lipinski definition) is 2. The highest BCUT2D eigenvalue weighted by atomic mass is 32.2. The summed E-state index contributed by atoms with van der Waals surface area (Å²) in [5.74, 6) is -1.31. The van der Waals surface area contributed by atoms with Gasteiger partial charge in [0.25, 0.3) is 19.9 Å². The molecule has 0 heterocycles. The number of amides is 2. The Kier molecular flexibility index (Phi) is 14.9. The molecular formula is C49H52N4O8SSi. The second-order valence-corrected chi connectivity index (χ2v) is 22.2. The first-order valence-electron chi connectivity index (χ1n) is 20.5. The molecule has 0 aliphatic heterocycles. The van der Waals surface area contributed by atoms with Crippen LogP contribution in [0.2, 0.25) is 5.04 Å². The Morgan fingerprint density at radius 3 is 1.70 bits per heavy atom. The normalized spacial score (nSPS) is 12.9. The second kappa shape index (κ2) is 20.3. The number of nitrogens with two attached hydrogens (primary N) is 1. The van der Waals surface area contributed by atoms with Crippen LogP contribution in [0.15, 0.2) is 175 Å². The molecule has 0 aliphatic carbocycles. The molecule has 12 nitrogen and oxygen atoms in total. The third-order valence-electron chi connectivity index (χ3n) is 11.1. The van der Waals surface area contributed by atoms with Gasteiger partial charge in [-0.2, -0.15) is 0 Å². The largest absolute Gasteiger partial charge is 0.452 e. The van der Waals surface area contributed by atoms with Crippen molar-refractivity contribution in [2.75, 3.05) is 18.6 Å². The fourth-order valence-electron chi connectivity index (χ4n) is 8.09. The van der Waals surface area contributed by atoms with E-state index in [1.165, 1.54) is 19.2 Å². The minimum atomic E-state index is -4.26. The molecule has 0 radical (unpaired) electrons. The molecule has 3 N–H and O–H groups in total. The lowest BCUT2D eigenvalue weighted by atomic mass is 9.84. The number of non-ortho nitro benzene ring substituents is 1. The number of carbonyl (C=O) groups excluding carboxylic acids is 2. The van der Waals surface area contributed by atoms with Gasteiger partial charge in [0.2, 0.25) is 10.0 Å². The first-order chi connectivity index (χ1) is 30.2. The topological polar surface area (TPSA) is 171 Å². The number of rotatable bonds is 17. The van der Waals surface area contributed by atoms with Crippen LogP contribution in [0.5, 0.6) is 0 Å². The van der Waals surface area contributed by atoms with E-state index in [2.05, 4.69) is 25.5 Å². The zero-order chi connectivity index (χ0) is 45.2. The number of aryl methyl sites for hydroxylation is 1. The Labute approximate surface area is 370 Å². The number of sulfonamides is 1. The monoisotopic (exact) mass is 884 g/mol. The van der Waals surface area contributed by atoms with Crippen molar-refractivity contribution in [1.29, 1.82) is 0 Å². The van der Waals surface area contributed by atoms with Crippen LogP contribution in [0.4, 0.5) is 16.2 Å². The Balaban J connectivity index is 1.38. The number of nitrogens with zero attached hydrogens (tertiary/aromatic N) is 2. The van der Waals surface area contributed by atoms with Crippen molar-refractivity contribution in [3.8, 4) is 0 Å². The molecule has 0 unspecified atom stereocenters. The van der Waals surface area contributed by atoms with E-state index in [0.29, 0.717) is 5.56 Å². The molecule has 0 spiro atoms. The van der Waals surface area contributed by atoms with Gasteiger partial charge in [0.1, 0.15) is 0 Å². The number of nitrogens with one attached hydrogen (secondary N) is 1. The Morgan fingerprint density at radius 1 is 0.746 bits per heavy atom. The fourth-order valence-corrected chi connectivity index (χ4v) is 13.9. The predicted molar refractivity (Wildman–Crippen MR) is 248 cm³/mol. The van der Waals surface area contributed by atoms with Crippen LogP contribution in [0.1, 0.15) is 49.8 Å². The number of methoxy groups -OCH3 is 1. The Morgan fingerprint density at radius 2 is 1.22 bits per heavy atom. The van der Waals surface area contributed by atoms with Gasteiger partial charge in [-0.15, -0.1) is 0 Å². The van der Waals surface area contributed by atoms with Crippen molar-refractivity contribution in [2.24, 2.45) is 5.73 Å². The maximum Gasteiger partial charge on any atom is 0.420 e. The highest BCUT2D eigenvalue weighted by Gasteiger charge is 2.50. The number of para-hydroxylation sites is 1. The van der Waals surface area contributed by atoms with Gasteiger partial charge in [-0.25, -0.2) is 22.8 Å². The standard InChI is InChI=1S/C49H52N4O8SSi/c1-49(2,3)63(42-24-13-7-14-25-42,43-26-15-8-16-27-43)61-35-39(51-62(58,59)41-33-31-40(32-34-41)53(56)57)30-29-36-19-17-18-28-44(36)52(48(55)60-4)47(54)46(50)45(37-20-9-5-10-21-37)38-22-11-6-12-23-38/h5-28,31-34,39,45-46,51H,29-30,35,50H2,1-4H3/t39-,46-/m0/s1. The molecule has 6 aromatic rings. The predicted octanol–water partition coefficient (Wildman–Crippen LogP) is 7.71. The number of ether oxygens (including phenoxy) is 1. The molecule has 326 valence electrons. The molecule has 14 heteroatoms. The van der Waals surface area contributed by atoms with Crippen LogP contribution in [-0.2, 0) is 30.4 Å². The van der Waals surface area contributed by atoms with Crippen molar-refractivity contribution in [3.63, 3.8) is 0 Å². The van der Waals surface area contributed by atoms with Crippen molar-refractivity contribution in [1.82, 2.24) is 4.72 Å². The summed E-state index contributed by atoms with van der Waals surface area (Å²) in [6, 6.07) is 48.0. The minimum Gasteiger partial charge on any atom is -0.452 e. The van der Waals surface area contributed by atoms with Gasteiger partial charge in [-0.3, -0.25) is 14.9 Å². The number of nitro benzene ring substituents is 1. The smallest absolute Gasteiger partial charge is 0.420 e. The van der Waals surface area contributed by atoms with E-state index in [9.17, 15) is 28.1 Å². The molecule has 2 amide bonds. The van der Waals surface area contributed by atoms with Gasteiger partial charge in [0.15, 0.2) is 0 Å². The molecule has 0 aromatic heterocycles. The van der Waals surface area contributed by atoms with E-state index in [1.54, 1.807) is 24.3 Å². The average Bonchev–Trinajstić information content (AvgIpc) is 3.29. The van der Waals surface area contributed by atoms with E-state index < -0.39 is 58.3 Å². The fraction of sp³-hybridized carbons (Fsp3) is 0.224. The van der Waals surface area contributed by atoms with E-state index in [1.807, 2.05) is 121 Å². The highest BCUT2D eigenvalue weighted by molar-refractivity contribution is 7.89. The quantitative estimate of drug-likeness (QED) is 0.0529. The summed E-state index contributed by atoms with van der Waals surface area (Å²) in [4.78, 5) is 40.0. The van der Waals surface area contributed by atoms with Crippen LogP contribution in [-0.4, -0.2) is 59.5 Å². The second-order valence-electron chi connectivity index (χ2n) is 16.2. The molecule has 0 bridgehead atoms. The summed E-state index contributed by atoms with van der Waals surface area (Å²) in [5.41, 5.74) is 8.96.